The maximum Gasteiger partial charge on any atom is 0.209 e. The van der Waals surface area contributed by atoms with Crippen LogP contribution in [0.4, 0.5) is 8.78 Å². The van der Waals surface area contributed by atoms with Gasteiger partial charge in [0.1, 0.15) is 0 Å². The zero-order valence-corrected chi connectivity index (χ0v) is 9.90. The van der Waals surface area contributed by atoms with Gasteiger partial charge in [-0.25, -0.2) is 8.78 Å². The maximum atomic E-state index is 13.5. The number of nitrogens with zero attached hydrogens (tertiary/aromatic N) is 1. The first-order valence-electron chi connectivity index (χ1n) is 5.89. The van der Waals surface area contributed by atoms with Crippen molar-refractivity contribution < 1.29 is 18.7 Å². The van der Waals surface area contributed by atoms with E-state index >= 15 is 0 Å². The molecule has 0 bridgehead atoms. The molecule has 1 saturated heterocycles. The molecule has 1 aromatic carbocycles. The van der Waals surface area contributed by atoms with E-state index in [9.17, 15) is 18.7 Å². The molecule has 0 aliphatic carbocycles. The van der Waals surface area contributed by atoms with Crippen molar-refractivity contribution in [2.75, 3.05) is 13.1 Å². The number of aliphatic hydroxyl groups is 1. The number of carbonyl (C=O) groups excluding carboxylic acids is 1. The molecule has 98 valence electrons. The zero-order valence-electron chi connectivity index (χ0n) is 9.90. The lowest BCUT2D eigenvalue weighted by molar-refractivity contribution is -0.122. The predicted octanol–water partition coefficient (Wildman–Crippen LogP) is 1.49. The van der Waals surface area contributed by atoms with Crippen LogP contribution >= 0.6 is 0 Å². The Balaban J connectivity index is 2.09. The summed E-state index contributed by atoms with van der Waals surface area (Å²) < 4.78 is 26.6. The Kier molecular flexibility index (Phi) is 3.61. The largest absolute Gasteiger partial charge is 0.389 e. The monoisotopic (exact) mass is 255 g/mol. The van der Waals surface area contributed by atoms with E-state index in [0.717, 1.165) is 12.5 Å². The molecule has 1 fully saturated rings. The Morgan fingerprint density at radius 1 is 1.33 bits per heavy atom. The van der Waals surface area contributed by atoms with Crippen LogP contribution in [0.5, 0.6) is 0 Å². The summed E-state index contributed by atoms with van der Waals surface area (Å²) in [7, 11) is 0. The molecule has 1 aliphatic heterocycles. The Hall–Kier alpha value is -1.49. The van der Waals surface area contributed by atoms with Crippen molar-refractivity contribution in [3.8, 4) is 0 Å². The van der Waals surface area contributed by atoms with Crippen molar-refractivity contribution >= 4 is 6.41 Å². The van der Waals surface area contributed by atoms with Crippen molar-refractivity contribution in [2.45, 2.75) is 24.9 Å². The van der Waals surface area contributed by atoms with Crippen molar-refractivity contribution in [1.29, 1.82) is 0 Å². The van der Waals surface area contributed by atoms with Crippen LogP contribution in [0.1, 0.15) is 18.4 Å². The molecule has 0 saturated carbocycles. The van der Waals surface area contributed by atoms with E-state index in [2.05, 4.69) is 0 Å². The summed E-state index contributed by atoms with van der Waals surface area (Å²) in [6.45, 7) is 0.883. The van der Waals surface area contributed by atoms with Gasteiger partial charge in [-0.2, -0.15) is 0 Å². The number of amides is 1. The number of halogens is 2. The molecule has 0 radical (unpaired) electrons. The lowest BCUT2D eigenvalue weighted by Crippen LogP contribution is -2.45. The zero-order chi connectivity index (χ0) is 13.2. The van der Waals surface area contributed by atoms with E-state index in [1.54, 1.807) is 4.90 Å². The van der Waals surface area contributed by atoms with E-state index in [4.69, 9.17) is 0 Å². The molecule has 2 rings (SSSR count). The van der Waals surface area contributed by atoms with Gasteiger partial charge in [-0.05, 0) is 24.5 Å². The van der Waals surface area contributed by atoms with Gasteiger partial charge in [0.25, 0.3) is 0 Å². The summed E-state index contributed by atoms with van der Waals surface area (Å²) in [6.07, 6.45) is 1.56. The van der Waals surface area contributed by atoms with Crippen LogP contribution in [0.25, 0.3) is 0 Å². The van der Waals surface area contributed by atoms with Crippen molar-refractivity contribution in [1.82, 2.24) is 4.90 Å². The maximum absolute atomic E-state index is 13.5. The average Bonchev–Trinajstić information content (AvgIpc) is 2.36. The topological polar surface area (TPSA) is 40.5 Å². The number of hydrogen-bond acceptors (Lipinski definition) is 2. The smallest absolute Gasteiger partial charge is 0.209 e. The van der Waals surface area contributed by atoms with Gasteiger partial charge in [-0.1, -0.05) is 12.1 Å². The van der Waals surface area contributed by atoms with Crippen molar-refractivity contribution in [3.63, 3.8) is 0 Å². The molecule has 1 aliphatic rings. The third kappa shape index (κ3) is 2.67. The van der Waals surface area contributed by atoms with E-state index in [1.165, 1.54) is 12.1 Å². The van der Waals surface area contributed by atoms with Gasteiger partial charge in [0.05, 0.1) is 5.60 Å². The molecule has 1 amide bonds. The molecule has 0 aromatic heterocycles. The summed E-state index contributed by atoms with van der Waals surface area (Å²) >= 11 is 0. The first kappa shape index (κ1) is 13.0. The quantitative estimate of drug-likeness (QED) is 0.831. The van der Waals surface area contributed by atoms with E-state index in [0.29, 0.717) is 25.9 Å². The molecule has 18 heavy (non-hydrogen) atoms. The fourth-order valence-electron chi connectivity index (χ4n) is 2.26. The minimum Gasteiger partial charge on any atom is -0.389 e. The summed E-state index contributed by atoms with van der Waals surface area (Å²) in [6, 6.07) is 3.96. The molecule has 0 atom stereocenters. The second-order valence-electron chi connectivity index (χ2n) is 4.76. The lowest BCUT2D eigenvalue weighted by atomic mass is 9.85. The molecule has 3 nitrogen and oxygen atoms in total. The number of benzene rings is 1. The first-order valence-corrected chi connectivity index (χ1v) is 5.89. The Labute approximate surface area is 104 Å². The predicted molar refractivity (Wildman–Crippen MR) is 61.9 cm³/mol. The van der Waals surface area contributed by atoms with Crippen LogP contribution < -0.4 is 0 Å². The highest BCUT2D eigenvalue weighted by atomic mass is 19.2. The Morgan fingerprint density at radius 3 is 2.61 bits per heavy atom. The third-order valence-corrected chi connectivity index (χ3v) is 3.43. The number of hydrogen-bond donors (Lipinski definition) is 1. The summed E-state index contributed by atoms with van der Waals surface area (Å²) in [5, 5.41) is 10.3. The van der Waals surface area contributed by atoms with E-state index in [-0.39, 0.29) is 12.0 Å². The molecular weight excluding hydrogens is 240 g/mol. The molecule has 0 spiro atoms. The molecular formula is C13H15F2NO2. The van der Waals surface area contributed by atoms with Crippen LogP contribution in [0.3, 0.4) is 0 Å². The second-order valence-corrected chi connectivity index (χ2v) is 4.76. The highest BCUT2D eigenvalue weighted by Gasteiger charge is 2.33. The van der Waals surface area contributed by atoms with E-state index < -0.39 is 17.2 Å². The minimum absolute atomic E-state index is 0.0727. The number of likely N-dealkylation sites (tertiary alicyclic amines) is 1. The fraction of sp³-hybridized carbons (Fsp3) is 0.462. The normalized spacial score (nSPS) is 18.7. The first-order chi connectivity index (χ1) is 8.54. The van der Waals surface area contributed by atoms with Gasteiger partial charge in [-0.15, -0.1) is 0 Å². The van der Waals surface area contributed by atoms with E-state index in [1.807, 2.05) is 0 Å². The SMILES string of the molecule is O=CN1CCC(O)(Cc2cccc(F)c2F)CC1. The van der Waals surface area contributed by atoms with Gasteiger partial charge in [0.15, 0.2) is 11.6 Å². The van der Waals surface area contributed by atoms with Crippen LogP contribution in [0, 0.1) is 11.6 Å². The number of piperidine rings is 1. The van der Waals surface area contributed by atoms with Gasteiger partial charge in [-0.3, -0.25) is 4.79 Å². The lowest BCUT2D eigenvalue weighted by Gasteiger charge is -2.36. The fourth-order valence-corrected chi connectivity index (χ4v) is 2.26. The van der Waals surface area contributed by atoms with Gasteiger partial charge >= 0.3 is 0 Å². The summed E-state index contributed by atoms with van der Waals surface area (Å²) in [5.41, 5.74) is -0.884. The standard InChI is InChI=1S/C13H15F2NO2/c14-11-3-1-2-10(12(11)15)8-13(18)4-6-16(9-17)7-5-13/h1-3,9,18H,4-8H2. The summed E-state index contributed by atoms with van der Waals surface area (Å²) in [5.74, 6) is -1.80. The number of rotatable bonds is 3. The van der Waals surface area contributed by atoms with Crippen LogP contribution in [-0.2, 0) is 11.2 Å². The van der Waals surface area contributed by atoms with Gasteiger partial charge in [0, 0.05) is 19.5 Å². The molecule has 1 heterocycles. The average molecular weight is 255 g/mol. The summed E-state index contributed by atoms with van der Waals surface area (Å²) in [4.78, 5) is 12.1. The molecule has 1 N–H and O–H groups in total. The minimum atomic E-state index is -1.06. The third-order valence-electron chi connectivity index (χ3n) is 3.43. The molecule has 0 unspecified atom stereocenters. The molecule has 5 heteroatoms. The Morgan fingerprint density at radius 2 is 2.00 bits per heavy atom. The van der Waals surface area contributed by atoms with Crippen LogP contribution in [0.2, 0.25) is 0 Å². The highest BCUT2D eigenvalue weighted by Crippen LogP contribution is 2.27. The van der Waals surface area contributed by atoms with Crippen LogP contribution in [-0.4, -0.2) is 35.1 Å². The van der Waals surface area contributed by atoms with Crippen molar-refractivity contribution in [2.24, 2.45) is 0 Å². The second kappa shape index (κ2) is 5.02. The molecule has 1 aromatic rings. The van der Waals surface area contributed by atoms with Gasteiger partial charge in [0.2, 0.25) is 6.41 Å². The van der Waals surface area contributed by atoms with Gasteiger partial charge < -0.3 is 10.0 Å². The van der Waals surface area contributed by atoms with Crippen molar-refractivity contribution in [3.05, 3.63) is 35.4 Å². The Bertz CT molecular complexity index is 443. The van der Waals surface area contributed by atoms with Crippen LogP contribution in [0.15, 0.2) is 18.2 Å². The highest BCUT2D eigenvalue weighted by molar-refractivity contribution is 5.47. The number of carbonyl (C=O) groups is 1.